The molecule has 0 aromatic carbocycles. The van der Waals surface area contributed by atoms with Crippen LogP contribution in [0.1, 0.15) is 12.5 Å². The minimum atomic E-state index is 0.201. The van der Waals surface area contributed by atoms with Crippen LogP contribution >= 0.6 is 0 Å². The summed E-state index contributed by atoms with van der Waals surface area (Å²) in [5, 5.41) is 8.79. The van der Waals surface area contributed by atoms with Gasteiger partial charge in [-0.15, -0.1) is 0 Å². The summed E-state index contributed by atoms with van der Waals surface area (Å²) >= 11 is 0. The first kappa shape index (κ1) is 9.29. The number of aliphatic hydroxyl groups is 1. The normalized spacial score (nSPS) is 13.2. The molecule has 0 aliphatic carbocycles. The number of ether oxygens (including phenoxy) is 1. The summed E-state index contributed by atoms with van der Waals surface area (Å²) in [6, 6.07) is 4.20. The maximum atomic E-state index is 8.79. The molecule has 0 spiro atoms. The maximum absolute atomic E-state index is 8.79. The summed E-state index contributed by atoms with van der Waals surface area (Å²) in [6.07, 6.45) is 4.71. The van der Waals surface area contributed by atoms with Crippen LogP contribution in [0.5, 0.6) is 0 Å². The highest BCUT2D eigenvalue weighted by atomic mass is 16.5. The van der Waals surface area contributed by atoms with E-state index < -0.39 is 0 Å². The standard InChI is InChI=1S/C9H15NO2/c1-12-8-9(4-7-11)10-5-2-3-6-10/h2-3,5-6,9,11H,4,7-8H2,1H3. The van der Waals surface area contributed by atoms with Crippen LogP contribution in [0.15, 0.2) is 24.5 Å². The number of hydrogen-bond donors (Lipinski definition) is 1. The average molecular weight is 169 g/mol. The second-order valence-electron chi connectivity index (χ2n) is 2.75. The molecule has 0 saturated carbocycles. The topological polar surface area (TPSA) is 34.4 Å². The second-order valence-corrected chi connectivity index (χ2v) is 2.75. The van der Waals surface area contributed by atoms with E-state index in [0.717, 1.165) is 6.42 Å². The summed E-state index contributed by atoms with van der Waals surface area (Å²) < 4.78 is 7.10. The summed E-state index contributed by atoms with van der Waals surface area (Å²) in [6.45, 7) is 0.849. The second kappa shape index (κ2) is 4.95. The summed E-state index contributed by atoms with van der Waals surface area (Å²) in [5.41, 5.74) is 0. The Labute approximate surface area is 72.6 Å². The van der Waals surface area contributed by atoms with E-state index in [0.29, 0.717) is 6.61 Å². The van der Waals surface area contributed by atoms with Gasteiger partial charge in [-0.05, 0) is 18.6 Å². The zero-order chi connectivity index (χ0) is 8.81. The Kier molecular flexibility index (Phi) is 3.84. The predicted octanol–water partition coefficient (Wildman–Crippen LogP) is 1.06. The number of hydrogen-bond acceptors (Lipinski definition) is 2. The van der Waals surface area contributed by atoms with Crippen LogP contribution in [0.4, 0.5) is 0 Å². The molecule has 0 amide bonds. The van der Waals surface area contributed by atoms with Crippen molar-refractivity contribution in [3.8, 4) is 0 Å². The SMILES string of the molecule is COCC(CCO)n1cccc1. The summed E-state index contributed by atoms with van der Waals surface area (Å²) in [4.78, 5) is 0. The van der Waals surface area contributed by atoms with E-state index in [1.54, 1.807) is 7.11 Å². The third kappa shape index (κ3) is 2.36. The molecular formula is C9H15NO2. The highest BCUT2D eigenvalue weighted by molar-refractivity contribution is 4.93. The third-order valence-corrected chi connectivity index (χ3v) is 1.87. The average Bonchev–Trinajstić information content (AvgIpc) is 2.56. The number of aromatic nitrogens is 1. The van der Waals surface area contributed by atoms with Gasteiger partial charge < -0.3 is 14.4 Å². The fourth-order valence-corrected chi connectivity index (χ4v) is 1.25. The monoisotopic (exact) mass is 169 g/mol. The molecule has 0 aliphatic heterocycles. The van der Waals surface area contributed by atoms with Gasteiger partial charge in [0.2, 0.25) is 0 Å². The van der Waals surface area contributed by atoms with Gasteiger partial charge in [0.1, 0.15) is 0 Å². The van der Waals surface area contributed by atoms with E-state index in [9.17, 15) is 0 Å². The molecule has 1 N–H and O–H groups in total. The van der Waals surface area contributed by atoms with Crippen LogP contribution in [-0.2, 0) is 4.74 Å². The molecule has 68 valence electrons. The molecule has 0 bridgehead atoms. The molecule has 1 atom stereocenters. The number of rotatable bonds is 5. The Morgan fingerprint density at radius 2 is 2.08 bits per heavy atom. The Balaban J connectivity index is 2.53. The van der Waals surface area contributed by atoms with Crippen molar-refractivity contribution < 1.29 is 9.84 Å². The molecule has 1 aromatic heterocycles. The van der Waals surface area contributed by atoms with Crippen LogP contribution < -0.4 is 0 Å². The first-order valence-electron chi connectivity index (χ1n) is 4.10. The fraction of sp³-hybridized carbons (Fsp3) is 0.556. The lowest BCUT2D eigenvalue weighted by molar-refractivity contribution is 0.136. The first-order valence-corrected chi connectivity index (χ1v) is 4.10. The van der Waals surface area contributed by atoms with E-state index in [2.05, 4.69) is 4.57 Å². The minimum absolute atomic E-state index is 0.201. The first-order chi connectivity index (χ1) is 5.88. The van der Waals surface area contributed by atoms with Crippen LogP contribution in [0.2, 0.25) is 0 Å². The third-order valence-electron chi connectivity index (χ3n) is 1.87. The molecule has 0 saturated heterocycles. The number of nitrogens with zero attached hydrogens (tertiary/aromatic N) is 1. The van der Waals surface area contributed by atoms with Gasteiger partial charge in [-0.2, -0.15) is 0 Å². The van der Waals surface area contributed by atoms with Crippen molar-refractivity contribution in [1.29, 1.82) is 0 Å². The number of aliphatic hydroxyl groups excluding tert-OH is 1. The zero-order valence-electron chi connectivity index (χ0n) is 7.31. The molecule has 1 rings (SSSR count). The number of methoxy groups -OCH3 is 1. The Hall–Kier alpha value is -0.800. The predicted molar refractivity (Wildman–Crippen MR) is 47.0 cm³/mol. The smallest absolute Gasteiger partial charge is 0.0670 e. The van der Waals surface area contributed by atoms with Crippen molar-refractivity contribution in [2.75, 3.05) is 20.3 Å². The lowest BCUT2D eigenvalue weighted by Crippen LogP contribution is -2.14. The van der Waals surface area contributed by atoms with Crippen molar-refractivity contribution in [3.05, 3.63) is 24.5 Å². The van der Waals surface area contributed by atoms with E-state index in [1.165, 1.54) is 0 Å². The molecule has 0 aliphatic rings. The van der Waals surface area contributed by atoms with E-state index in [1.807, 2.05) is 24.5 Å². The fourth-order valence-electron chi connectivity index (χ4n) is 1.25. The Morgan fingerprint density at radius 1 is 1.42 bits per heavy atom. The molecular weight excluding hydrogens is 154 g/mol. The van der Waals surface area contributed by atoms with Gasteiger partial charge in [-0.3, -0.25) is 0 Å². The molecule has 1 aromatic rings. The highest BCUT2D eigenvalue weighted by Crippen LogP contribution is 2.11. The minimum Gasteiger partial charge on any atom is -0.396 e. The molecule has 3 heteroatoms. The molecule has 12 heavy (non-hydrogen) atoms. The molecule has 3 nitrogen and oxygen atoms in total. The summed E-state index contributed by atoms with van der Waals surface area (Å²) in [7, 11) is 1.67. The van der Waals surface area contributed by atoms with Crippen molar-refractivity contribution in [2.24, 2.45) is 0 Å². The van der Waals surface area contributed by atoms with Crippen LogP contribution in [0.25, 0.3) is 0 Å². The van der Waals surface area contributed by atoms with Crippen LogP contribution in [-0.4, -0.2) is 30.0 Å². The highest BCUT2D eigenvalue weighted by Gasteiger charge is 2.07. The molecule has 0 fully saturated rings. The quantitative estimate of drug-likeness (QED) is 0.715. The van der Waals surface area contributed by atoms with Gasteiger partial charge in [0.25, 0.3) is 0 Å². The van der Waals surface area contributed by atoms with Crippen molar-refractivity contribution >= 4 is 0 Å². The van der Waals surface area contributed by atoms with Gasteiger partial charge in [-0.25, -0.2) is 0 Å². The lowest BCUT2D eigenvalue weighted by Gasteiger charge is -2.16. The van der Waals surface area contributed by atoms with Crippen LogP contribution in [0, 0.1) is 0 Å². The van der Waals surface area contributed by atoms with Crippen LogP contribution in [0.3, 0.4) is 0 Å². The van der Waals surface area contributed by atoms with Crippen molar-refractivity contribution in [1.82, 2.24) is 4.57 Å². The molecule has 1 unspecified atom stereocenters. The van der Waals surface area contributed by atoms with E-state index in [4.69, 9.17) is 9.84 Å². The Bertz CT molecular complexity index is 190. The van der Waals surface area contributed by atoms with Crippen molar-refractivity contribution in [2.45, 2.75) is 12.5 Å². The summed E-state index contributed by atoms with van der Waals surface area (Å²) in [5.74, 6) is 0. The van der Waals surface area contributed by atoms with Gasteiger partial charge in [0.05, 0.1) is 12.6 Å². The van der Waals surface area contributed by atoms with Gasteiger partial charge in [-0.1, -0.05) is 0 Å². The zero-order valence-corrected chi connectivity index (χ0v) is 7.31. The molecule has 1 heterocycles. The Morgan fingerprint density at radius 3 is 2.58 bits per heavy atom. The van der Waals surface area contributed by atoms with E-state index >= 15 is 0 Å². The molecule has 0 radical (unpaired) electrons. The maximum Gasteiger partial charge on any atom is 0.0670 e. The van der Waals surface area contributed by atoms with Crippen molar-refractivity contribution in [3.63, 3.8) is 0 Å². The van der Waals surface area contributed by atoms with Gasteiger partial charge in [0.15, 0.2) is 0 Å². The van der Waals surface area contributed by atoms with Gasteiger partial charge >= 0.3 is 0 Å². The lowest BCUT2D eigenvalue weighted by atomic mass is 10.2. The largest absolute Gasteiger partial charge is 0.396 e. The van der Waals surface area contributed by atoms with E-state index in [-0.39, 0.29) is 12.6 Å². The van der Waals surface area contributed by atoms with Gasteiger partial charge in [0, 0.05) is 26.1 Å².